The first-order chi connectivity index (χ1) is 9.52. The van der Waals surface area contributed by atoms with Gasteiger partial charge in [0.25, 0.3) is 0 Å². The molecule has 0 bridgehead atoms. The van der Waals surface area contributed by atoms with Gasteiger partial charge in [0.2, 0.25) is 0 Å². The van der Waals surface area contributed by atoms with Crippen molar-refractivity contribution >= 4 is 11.7 Å². The van der Waals surface area contributed by atoms with E-state index in [1.807, 2.05) is 25.1 Å². The van der Waals surface area contributed by atoms with Gasteiger partial charge in [-0.3, -0.25) is 4.79 Å². The van der Waals surface area contributed by atoms with Crippen LogP contribution in [-0.2, 0) is 37.5 Å². The zero-order valence-electron chi connectivity index (χ0n) is 12.6. The summed E-state index contributed by atoms with van der Waals surface area (Å²) in [5.74, 6) is 0.231. The Balaban J connectivity index is 0.00000220. The van der Waals surface area contributed by atoms with E-state index < -0.39 is 0 Å². The Morgan fingerprint density at radius 1 is 1.33 bits per heavy atom. The average molecular weight is 357 g/mol. The van der Waals surface area contributed by atoms with Crippen molar-refractivity contribution in [1.29, 1.82) is 0 Å². The summed E-state index contributed by atoms with van der Waals surface area (Å²) in [5, 5.41) is 0. The molecule has 0 N–H and O–H groups in total. The van der Waals surface area contributed by atoms with Crippen LogP contribution < -0.4 is 4.74 Å². The number of likely N-dealkylation sites (N-methyl/N-ethyl adjacent to an activating group) is 1. The molecular formula is C17H18NO2Y-. The van der Waals surface area contributed by atoms with Crippen LogP contribution in [0.1, 0.15) is 26.3 Å². The van der Waals surface area contributed by atoms with Crippen molar-refractivity contribution in [3.8, 4) is 5.75 Å². The molecule has 0 aliphatic carbocycles. The Morgan fingerprint density at radius 2 is 1.95 bits per heavy atom. The van der Waals surface area contributed by atoms with Crippen LogP contribution in [0.15, 0.2) is 48.2 Å². The molecule has 1 radical (unpaired) electrons. The van der Waals surface area contributed by atoms with Crippen molar-refractivity contribution in [1.82, 2.24) is 4.90 Å². The molecule has 107 valence electrons. The second-order valence-corrected chi connectivity index (χ2v) is 4.63. The summed E-state index contributed by atoms with van der Waals surface area (Å²) in [4.78, 5) is 13.0. The van der Waals surface area contributed by atoms with Crippen molar-refractivity contribution < 1.29 is 42.2 Å². The Labute approximate surface area is 151 Å². The third-order valence-electron chi connectivity index (χ3n) is 3.18. The molecule has 3 nitrogen and oxygen atoms in total. The summed E-state index contributed by atoms with van der Waals surface area (Å²) >= 11 is 0. The van der Waals surface area contributed by atoms with Gasteiger partial charge in [-0.05, 0) is 24.8 Å². The number of nitrogens with zero attached hydrogens (tertiary/aromatic N) is 1. The standard InChI is InChI=1S/C17H18NO2.Y/c1-5-18-13(3)12(2)6-11-17(18)15-7-9-16(10-8-15)20-14(4)19;/h6-10H,3,5H2,1-2,4H3;/q-1;. The van der Waals surface area contributed by atoms with E-state index in [2.05, 4.69) is 24.5 Å². The van der Waals surface area contributed by atoms with Gasteiger partial charge in [0.1, 0.15) is 5.75 Å². The van der Waals surface area contributed by atoms with Crippen LogP contribution in [-0.4, -0.2) is 17.4 Å². The number of hydrogen-bond acceptors (Lipinski definition) is 3. The van der Waals surface area contributed by atoms with Crippen LogP contribution in [0, 0.1) is 6.08 Å². The molecule has 0 unspecified atom stereocenters. The monoisotopic (exact) mass is 357 g/mol. The number of carbonyl (C=O) groups excluding carboxylic acids is 1. The molecule has 1 aromatic rings. The Morgan fingerprint density at radius 3 is 2.48 bits per heavy atom. The quantitative estimate of drug-likeness (QED) is 0.471. The molecule has 0 spiro atoms. The molecule has 0 amide bonds. The van der Waals surface area contributed by atoms with E-state index in [0.717, 1.165) is 29.1 Å². The SMILES string of the molecule is C=C1C(C)=C[C-]=C(c2ccc(OC(C)=O)cc2)N1CC.[Y]. The maximum Gasteiger partial charge on any atom is 0.308 e. The van der Waals surface area contributed by atoms with Crippen LogP contribution in [0.3, 0.4) is 0 Å². The Bertz CT molecular complexity index is 600. The minimum atomic E-state index is -0.316. The second kappa shape index (κ2) is 7.72. The Kier molecular flexibility index (Phi) is 6.57. The first-order valence-electron chi connectivity index (χ1n) is 6.59. The van der Waals surface area contributed by atoms with Gasteiger partial charge in [-0.15, -0.1) is 17.7 Å². The van der Waals surface area contributed by atoms with Crippen LogP contribution >= 0.6 is 0 Å². The predicted octanol–water partition coefficient (Wildman–Crippen LogP) is 3.55. The second-order valence-electron chi connectivity index (χ2n) is 4.63. The number of benzene rings is 1. The van der Waals surface area contributed by atoms with Gasteiger partial charge in [0.15, 0.2) is 0 Å². The van der Waals surface area contributed by atoms with E-state index in [9.17, 15) is 4.79 Å². The smallest absolute Gasteiger partial charge is 0.308 e. The molecule has 1 aliphatic rings. The van der Waals surface area contributed by atoms with E-state index in [1.165, 1.54) is 6.92 Å². The molecule has 0 saturated heterocycles. The number of ether oxygens (including phenoxy) is 1. The van der Waals surface area contributed by atoms with Crippen molar-refractivity contribution in [2.24, 2.45) is 0 Å². The van der Waals surface area contributed by atoms with E-state index in [1.54, 1.807) is 12.1 Å². The fourth-order valence-electron chi connectivity index (χ4n) is 2.12. The summed E-state index contributed by atoms with van der Waals surface area (Å²) in [6.45, 7) is 10.4. The van der Waals surface area contributed by atoms with Gasteiger partial charge >= 0.3 is 5.97 Å². The van der Waals surface area contributed by atoms with Gasteiger partial charge in [0, 0.05) is 46.2 Å². The molecule has 21 heavy (non-hydrogen) atoms. The van der Waals surface area contributed by atoms with Crippen molar-refractivity contribution in [2.45, 2.75) is 20.8 Å². The maximum atomic E-state index is 10.9. The van der Waals surface area contributed by atoms with Crippen LogP contribution in [0.25, 0.3) is 5.70 Å². The molecule has 1 aliphatic heterocycles. The third kappa shape index (κ3) is 4.15. The Hall–Kier alpha value is -1.19. The van der Waals surface area contributed by atoms with Gasteiger partial charge in [0.05, 0.1) is 0 Å². The number of carbonyl (C=O) groups is 1. The fourth-order valence-corrected chi connectivity index (χ4v) is 2.12. The van der Waals surface area contributed by atoms with E-state index >= 15 is 0 Å². The zero-order valence-corrected chi connectivity index (χ0v) is 15.5. The van der Waals surface area contributed by atoms with E-state index in [-0.39, 0.29) is 38.7 Å². The fraction of sp³-hybridized carbons (Fsp3) is 0.235. The third-order valence-corrected chi connectivity index (χ3v) is 3.18. The van der Waals surface area contributed by atoms with Gasteiger partial charge in [-0.2, -0.15) is 12.2 Å². The molecule has 0 fully saturated rings. The summed E-state index contributed by atoms with van der Waals surface area (Å²) in [5.41, 5.74) is 4.11. The van der Waals surface area contributed by atoms with Gasteiger partial charge in [-0.25, -0.2) is 0 Å². The van der Waals surface area contributed by atoms with E-state index in [0.29, 0.717) is 5.75 Å². The minimum absolute atomic E-state index is 0. The topological polar surface area (TPSA) is 29.5 Å². The number of hydrogen-bond donors (Lipinski definition) is 0. The average Bonchev–Trinajstić information content (AvgIpc) is 2.42. The van der Waals surface area contributed by atoms with Crippen molar-refractivity contribution in [3.05, 3.63) is 59.8 Å². The number of allylic oxidation sites excluding steroid dienone is 3. The van der Waals surface area contributed by atoms with Crippen molar-refractivity contribution in [3.63, 3.8) is 0 Å². The summed E-state index contributed by atoms with van der Waals surface area (Å²) < 4.78 is 5.04. The molecule has 0 aromatic heterocycles. The van der Waals surface area contributed by atoms with Crippen LogP contribution in [0.2, 0.25) is 0 Å². The maximum absolute atomic E-state index is 10.9. The molecule has 4 heteroatoms. The molecule has 0 atom stereocenters. The molecule has 1 aromatic carbocycles. The largest absolute Gasteiger partial charge is 0.427 e. The van der Waals surface area contributed by atoms with Gasteiger partial charge < -0.3 is 9.64 Å². The van der Waals surface area contributed by atoms with Gasteiger partial charge in [-0.1, -0.05) is 24.8 Å². The molecule has 1 heterocycles. The molecule has 2 rings (SSSR count). The summed E-state index contributed by atoms with van der Waals surface area (Å²) in [6, 6.07) is 7.41. The predicted molar refractivity (Wildman–Crippen MR) is 79.7 cm³/mol. The zero-order chi connectivity index (χ0) is 14.7. The molecular weight excluding hydrogens is 339 g/mol. The normalized spacial score (nSPS) is 14.0. The van der Waals surface area contributed by atoms with Crippen LogP contribution in [0.4, 0.5) is 0 Å². The van der Waals surface area contributed by atoms with Crippen LogP contribution in [0.5, 0.6) is 5.75 Å². The summed E-state index contributed by atoms with van der Waals surface area (Å²) in [7, 11) is 0. The van der Waals surface area contributed by atoms with E-state index in [4.69, 9.17) is 4.74 Å². The minimum Gasteiger partial charge on any atom is -0.427 e. The number of rotatable bonds is 3. The van der Waals surface area contributed by atoms with Crippen molar-refractivity contribution in [2.75, 3.05) is 6.54 Å². The number of esters is 1. The summed E-state index contributed by atoms with van der Waals surface area (Å²) in [6.07, 6.45) is 5.24. The first kappa shape index (κ1) is 17.9. The molecule has 0 saturated carbocycles. The first-order valence-corrected chi connectivity index (χ1v) is 6.59.